The lowest BCUT2D eigenvalue weighted by atomic mass is 10.1. The van der Waals surface area contributed by atoms with E-state index in [0.717, 1.165) is 38.2 Å². The Balaban J connectivity index is 1.98. The largest absolute Gasteiger partial charge is 0.417 e. The van der Waals surface area contributed by atoms with Gasteiger partial charge in [-0.05, 0) is 31.5 Å². The molecule has 3 nitrogen and oxygen atoms in total. The van der Waals surface area contributed by atoms with Gasteiger partial charge in [0, 0.05) is 18.8 Å². The molecule has 0 radical (unpaired) electrons. The van der Waals surface area contributed by atoms with Gasteiger partial charge < -0.3 is 10.6 Å². The first-order valence-corrected chi connectivity index (χ1v) is 5.56. The van der Waals surface area contributed by atoms with Crippen LogP contribution in [0.5, 0.6) is 0 Å². The third kappa shape index (κ3) is 3.33. The topological polar surface area (TPSA) is 37.0 Å². The summed E-state index contributed by atoms with van der Waals surface area (Å²) in [4.78, 5) is 3.78. The van der Waals surface area contributed by atoms with Gasteiger partial charge >= 0.3 is 6.18 Å². The van der Waals surface area contributed by atoms with Crippen molar-refractivity contribution in [2.24, 2.45) is 0 Å². The molecule has 1 aromatic rings. The molecule has 1 saturated heterocycles. The molecule has 0 aliphatic carbocycles. The fraction of sp³-hybridized carbons (Fsp3) is 0.545. The fourth-order valence-corrected chi connectivity index (χ4v) is 1.83. The number of pyridine rings is 1. The molecule has 0 spiro atoms. The molecule has 0 bridgehead atoms. The van der Waals surface area contributed by atoms with E-state index in [1.54, 1.807) is 0 Å². The SMILES string of the molecule is FC(F)(F)c1ccc(N[C@@H]2CCCNC2)nc1. The van der Waals surface area contributed by atoms with Crippen LogP contribution < -0.4 is 10.6 Å². The van der Waals surface area contributed by atoms with Crippen LogP contribution in [0.15, 0.2) is 18.3 Å². The van der Waals surface area contributed by atoms with E-state index < -0.39 is 11.7 Å². The van der Waals surface area contributed by atoms with Crippen molar-refractivity contribution >= 4 is 5.82 Å². The highest BCUT2D eigenvalue weighted by Gasteiger charge is 2.30. The Morgan fingerprint density at radius 1 is 1.35 bits per heavy atom. The van der Waals surface area contributed by atoms with Crippen molar-refractivity contribution in [2.75, 3.05) is 18.4 Å². The van der Waals surface area contributed by atoms with Crippen LogP contribution >= 0.6 is 0 Å². The van der Waals surface area contributed by atoms with Gasteiger partial charge in [0.1, 0.15) is 5.82 Å². The second-order valence-corrected chi connectivity index (χ2v) is 4.12. The summed E-state index contributed by atoms with van der Waals surface area (Å²) in [5.74, 6) is 0.492. The lowest BCUT2D eigenvalue weighted by Gasteiger charge is -2.24. The van der Waals surface area contributed by atoms with Crippen LogP contribution in [-0.4, -0.2) is 24.1 Å². The summed E-state index contributed by atoms with van der Waals surface area (Å²) in [5.41, 5.74) is -0.718. The highest BCUT2D eigenvalue weighted by Crippen LogP contribution is 2.28. The van der Waals surface area contributed by atoms with Crippen LogP contribution in [0.2, 0.25) is 0 Å². The Labute approximate surface area is 97.4 Å². The number of hydrogen-bond acceptors (Lipinski definition) is 3. The van der Waals surface area contributed by atoms with E-state index in [4.69, 9.17) is 0 Å². The number of hydrogen-bond donors (Lipinski definition) is 2. The van der Waals surface area contributed by atoms with Gasteiger partial charge in [-0.25, -0.2) is 4.98 Å². The third-order valence-electron chi connectivity index (χ3n) is 2.74. The molecule has 2 rings (SSSR count). The average molecular weight is 245 g/mol. The molecular formula is C11H14F3N3. The highest BCUT2D eigenvalue weighted by atomic mass is 19.4. The summed E-state index contributed by atoms with van der Waals surface area (Å²) in [6.07, 6.45) is -1.38. The highest BCUT2D eigenvalue weighted by molar-refractivity contribution is 5.37. The number of nitrogens with zero attached hydrogens (tertiary/aromatic N) is 1. The van der Waals surface area contributed by atoms with Gasteiger partial charge in [0.15, 0.2) is 0 Å². The van der Waals surface area contributed by atoms with Crippen molar-refractivity contribution in [2.45, 2.75) is 25.1 Å². The average Bonchev–Trinajstić information content (AvgIpc) is 2.30. The van der Waals surface area contributed by atoms with Crippen molar-refractivity contribution in [1.82, 2.24) is 10.3 Å². The summed E-state index contributed by atoms with van der Waals surface area (Å²) >= 11 is 0. The fourth-order valence-electron chi connectivity index (χ4n) is 1.83. The number of piperidine rings is 1. The van der Waals surface area contributed by atoms with Crippen LogP contribution in [0.1, 0.15) is 18.4 Å². The first-order valence-electron chi connectivity index (χ1n) is 5.56. The van der Waals surface area contributed by atoms with Gasteiger partial charge in [0.25, 0.3) is 0 Å². The second kappa shape index (κ2) is 4.91. The number of aromatic nitrogens is 1. The van der Waals surface area contributed by atoms with Crippen LogP contribution in [0.3, 0.4) is 0 Å². The number of rotatable bonds is 2. The third-order valence-corrected chi connectivity index (χ3v) is 2.74. The van der Waals surface area contributed by atoms with Crippen molar-refractivity contribution in [3.63, 3.8) is 0 Å². The molecule has 1 aliphatic rings. The maximum absolute atomic E-state index is 12.3. The van der Waals surface area contributed by atoms with Crippen LogP contribution in [0, 0.1) is 0 Å². The second-order valence-electron chi connectivity index (χ2n) is 4.12. The van der Waals surface area contributed by atoms with Gasteiger partial charge in [-0.1, -0.05) is 0 Å². The van der Waals surface area contributed by atoms with Crippen LogP contribution in [-0.2, 0) is 6.18 Å². The maximum Gasteiger partial charge on any atom is 0.417 e. The predicted octanol–water partition coefficient (Wildman–Crippen LogP) is 2.26. The molecule has 1 aliphatic heterocycles. The molecule has 0 unspecified atom stereocenters. The quantitative estimate of drug-likeness (QED) is 0.839. The Morgan fingerprint density at radius 2 is 2.18 bits per heavy atom. The first-order chi connectivity index (χ1) is 8.05. The lowest BCUT2D eigenvalue weighted by molar-refractivity contribution is -0.137. The Kier molecular flexibility index (Phi) is 3.51. The summed E-state index contributed by atoms with van der Waals surface area (Å²) in [7, 11) is 0. The number of alkyl halides is 3. The summed E-state index contributed by atoms with van der Waals surface area (Å²) < 4.78 is 36.9. The number of halogens is 3. The standard InChI is InChI=1S/C11H14F3N3/c12-11(13,14)8-3-4-10(16-6-8)17-9-2-1-5-15-7-9/h3-4,6,9,15H,1-2,5,7H2,(H,16,17)/t9-/m1/s1. The summed E-state index contributed by atoms with van der Waals surface area (Å²) in [5, 5.41) is 6.34. The number of anilines is 1. The minimum Gasteiger partial charge on any atom is -0.366 e. The van der Waals surface area contributed by atoms with Crippen LogP contribution in [0.25, 0.3) is 0 Å². The summed E-state index contributed by atoms with van der Waals surface area (Å²) in [6.45, 7) is 1.82. The van der Waals surface area contributed by atoms with E-state index in [-0.39, 0.29) is 6.04 Å². The molecule has 2 N–H and O–H groups in total. The smallest absolute Gasteiger partial charge is 0.366 e. The van der Waals surface area contributed by atoms with Crippen molar-refractivity contribution in [3.05, 3.63) is 23.9 Å². The van der Waals surface area contributed by atoms with E-state index in [9.17, 15) is 13.2 Å². The van der Waals surface area contributed by atoms with E-state index in [1.807, 2.05) is 0 Å². The van der Waals surface area contributed by atoms with Crippen molar-refractivity contribution in [3.8, 4) is 0 Å². The zero-order valence-corrected chi connectivity index (χ0v) is 9.22. The van der Waals surface area contributed by atoms with Gasteiger partial charge in [-0.3, -0.25) is 0 Å². The molecule has 17 heavy (non-hydrogen) atoms. The maximum atomic E-state index is 12.3. The van der Waals surface area contributed by atoms with Gasteiger partial charge in [0.05, 0.1) is 5.56 Å². The minimum absolute atomic E-state index is 0.244. The first kappa shape index (κ1) is 12.2. The Morgan fingerprint density at radius 3 is 2.71 bits per heavy atom. The van der Waals surface area contributed by atoms with E-state index in [2.05, 4.69) is 15.6 Å². The molecule has 1 aromatic heterocycles. The van der Waals surface area contributed by atoms with Crippen molar-refractivity contribution < 1.29 is 13.2 Å². The molecule has 0 saturated carbocycles. The van der Waals surface area contributed by atoms with Crippen molar-refractivity contribution in [1.29, 1.82) is 0 Å². The van der Waals surface area contributed by atoms with E-state index >= 15 is 0 Å². The lowest BCUT2D eigenvalue weighted by Crippen LogP contribution is -2.38. The van der Waals surface area contributed by atoms with Crippen LogP contribution in [0.4, 0.5) is 19.0 Å². The molecule has 1 atom stereocenters. The molecule has 0 amide bonds. The van der Waals surface area contributed by atoms with E-state index in [1.165, 1.54) is 6.07 Å². The zero-order chi connectivity index (χ0) is 12.3. The molecular weight excluding hydrogens is 231 g/mol. The Bertz CT molecular complexity index is 355. The zero-order valence-electron chi connectivity index (χ0n) is 9.22. The van der Waals surface area contributed by atoms with Gasteiger partial charge in [-0.15, -0.1) is 0 Å². The minimum atomic E-state index is -4.32. The monoisotopic (exact) mass is 245 g/mol. The Hall–Kier alpha value is -1.30. The molecule has 94 valence electrons. The van der Waals surface area contributed by atoms with Gasteiger partial charge in [-0.2, -0.15) is 13.2 Å². The summed E-state index contributed by atoms with van der Waals surface area (Å²) in [6, 6.07) is 2.66. The normalized spacial score (nSPS) is 21.2. The van der Waals surface area contributed by atoms with Gasteiger partial charge in [0.2, 0.25) is 0 Å². The predicted molar refractivity (Wildman–Crippen MR) is 58.8 cm³/mol. The number of nitrogens with one attached hydrogen (secondary N) is 2. The molecule has 6 heteroatoms. The molecule has 1 fully saturated rings. The molecule has 0 aromatic carbocycles. The molecule has 2 heterocycles. The van der Waals surface area contributed by atoms with E-state index in [0.29, 0.717) is 5.82 Å².